The van der Waals surface area contributed by atoms with E-state index in [9.17, 15) is 27.2 Å². The number of ether oxygens (including phenoxy) is 1. The smallest absolute Gasteiger partial charge is 0.338 e. The van der Waals surface area contributed by atoms with Crippen LogP contribution in [-0.2, 0) is 11.3 Å². The van der Waals surface area contributed by atoms with E-state index in [0.717, 1.165) is 0 Å². The standard InChI is InChI=1S/C15H9BrF4N2O3/c16-9-12(19)10(17)8(11(18)13(9)20)5-25-14(23)6-2-1-3-7(4-6)22-15(21)24/h1-4H,5H2,(H3,21,22,24). The summed E-state index contributed by atoms with van der Waals surface area (Å²) in [5.41, 5.74) is 3.97. The molecule has 0 aliphatic heterocycles. The number of anilines is 1. The fourth-order valence-corrected chi connectivity index (χ4v) is 2.21. The highest BCUT2D eigenvalue weighted by Crippen LogP contribution is 2.28. The molecule has 0 aliphatic carbocycles. The molecule has 10 heteroatoms. The molecule has 0 unspecified atom stereocenters. The maximum Gasteiger partial charge on any atom is 0.338 e. The number of urea groups is 1. The zero-order valence-electron chi connectivity index (χ0n) is 12.2. The zero-order valence-corrected chi connectivity index (χ0v) is 13.8. The highest BCUT2D eigenvalue weighted by molar-refractivity contribution is 9.10. The fourth-order valence-electron chi connectivity index (χ4n) is 1.86. The lowest BCUT2D eigenvalue weighted by molar-refractivity contribution is 0.0462. The molecule has 5 nitrogen and oxygen atoms in total. The SMILES string of the molecule is NC(=O)Nc1cccc(C(=O)OCc2c(F)c(F)c(Br)c(F)c2F)c1. The fraction of sp³-hybridized carbons (Fsp3) is 0.0667. The molecule has 0 bridgehead atoms. The van der Waals surface area contributed by atoms with Gasteiger partial charge in [0.2, 0.25) is 0 Å². The quantitative estimate of drug-likeness (QED) is 0.341. The predicted molar refractivity (Wildman–Crippen MR) is 82.7 cm³/mol. The number of benzene rings is 2. The summed E-state index contributed by atoms with van der Waals surface area (Å²) in [5.74, 6) is -7.67. The first-order chi connectivity index (χ1) is 11.7. The average molecular weight is 421 g/mol. The Hall–Kier alpha value is -2.62. The Morgan fingerprint density at radius 3 is 2.24 bits per heavy atom. The Morgan fingerprint density at radius 1 is 1.08 bits per heavy atom. The van der Waals surface area contributed by atoms with Gasteiger partial charge in [-0.05, 0) is 34.1 Å². The van der Waals surface area contributed by atoms with E-state index in [2.05, 4.69) is 26.0 Å². The van der Waals surface area contributed by atoms with Crippen molar-refractivity contribution in [2.75, 3.05) is 5.32 Å². The van der Waals surface area contributed by atoms with Crippen molar-refractivity contribution in [3.05, 3.63) is 63.1 Å². The lowest BCUT2D eigenvalue weighted by atomic mass is 10.2. The third kappa shape index (κ3) is 4.08. The Morgan fingerprint density at radius 2 is 1.68 bits per heavy atom. The number of rotatable bonds is 4. The molecule has 3 N–H and O–H groups in total. The molecule has 2 rings (SSSR count). The van der Waals surface area contributed by atoms with Crippen LogP contribution in [0, 0.1) is 23.3 Å². The minimum absolute atomic E-state index is 0.0786. The average Bonchev–Trinajstić information content (AvgIpc) is 2.57. The molecular formula is C15H9BrF4N2O3. The lowest BCUT2D eigenvalue weighted by Crippen LogP contribution is -2.19. The van der Waals surface area contributed by atoms with Gasteiger partial charge in [0.25, 0.3) is 0 Å². The van der Waals surface area contributed by atoms with Crippen LogP contribution in [-0.4, -0.2) is 12.0 Å². The highest BCUT2D eigenvalue weighted by atomic mass is 79.9. The molecule has 0 radical (unpaired) electrons. The van der Waals surface area contributed by atoms with E-state index in [0.29, 0.717) is 0 Å². The normalized spacial score (nSPS) is 10.4. The van der Waals surface area contributed by atoms with Gasteiger partial charge >= 0.3 is 12.0 Å². The van der Waals surface area contributed by atoms with Gasteiger partial charge in [0, 0.05) is 5.69 Å². The second-order valence-electron chi connectivity index (χ2n) is 4.69. The number of hydrogen-bond donors (Lipinski definition) is 2. The van der Waals surface area contributed by atoms with E-state index < -0.39 is 51.9 Å². The van der Waals surface area contributed by atoms with Crippen LogP contribution >= 0.6 is 15.9 Å². The Balaban J connectivity index is 2.20. The first-order valence-electron chi connectivity index (χ1n) is 6.56. The summed E-state index contributed by atoms with van der Waals surface area (Å²) in [6.07, 6.45) is 0. The van der Waals surface area contributed by atoms with Crippen molar-refractivity contribution in [1.82, 2.24) is 0 Å². The third-order valence-electron chi connectivity index (χ3n) is 3.01. The van der Waals surface area contributed by atoms with Crippen LogP contribution in [0.25, 0.3) is 0 Å². The largest absolute Gasteiger partial charge is 0.457 e. The van der Waals surface area contributed by atoms with Gasteiger partial charge in [0.1, 0.15) is 6.61 Å². The van der Waals surface area contributed by atoms with Crippen molar-refractivity contribution < 1.29 is 31.9 Å². The van der Waals surface area contributed by atoms with Crippen molar-refractivity contribution >= 4 is 33.6 Å². The maximum atomic E-state index is 13.7. The summed E-state index contributed by atoms with van der Waals surface area (Å²) >= 11 is 2.38. The molecule has 132 valence electrons. The molecule has 0 saturated heterocycles. The van der Waals surface area contributed by atoms with Gasteiger partial charge in [-0.1, -0.05) is 6.07 Å². The van der Waals surface area contributed by atoms with Gasteiger partial charge < -0.3 is 15.8 Å². The second kappa shape index (κ2) is 7.51. The monoisotopic (exact) mass is 420 g/mol. The number of nitrogens with two attached hydrogens (primary N) is 1. The number of carbonyl (C=O) groups is 2. The molecule has 0 fully saturated rings. The maximum absolute atomic E-state index is 13.7. The number of amides is 2. The minimum Gasteiger partial charge on any atom is -0.457 e. The van der Waals surface area contributed by atoms with Gasteiger partial charge in [-0.2, -0.15) is 0 Å². The van der Waals surface area contributed by atoms with Gasteiger partial charge in [0.05, 0.1) is 15.6 Å². The molecule has 2 aromatic rings. The summed E-state index contributed by atoms with van der Waals surface area (Å²) in [6, 6.07) is 4.45. The molecule has 0 aromatic heterocycles. The van der Waals surface area contributed by atoms with E-state index in [1.54, 1.807) is 0 Å². The Bertz CT molecular complexity index is 832. The number of hydrogen-bond acceptors (Lipinski definition) is 3. The van der Waals surface area contributed by atoms with Crippen LogP contribution < -0.4 is 11.1 Å². The number of carbonyl (C=O) groups excluding carboxylic acids is 2. The predicted octanol–water partition coefficient (Wildman–Crippen LogP) is 3.85. The topological polar surface area (TPSA) is 81.4 Å². The first-order valence-corrected chi connectivity index (χ1v) is 7.35. The van der Waals surface area contributed by atoms with Crippen LogP contribution in [0.3, 0.4) is 0 Å². The minimum atomic E-state index is -1.68. The van der Waals surface area contributed by atoms with E-state index in [-0.39, 0.29) is 11.3 Å². The van der Waals surface area contributed by atoms with Crippen LogP contribution in [0.5, 0.6) is 0 Å². The van der Waals surface area contributed by atoms with Crippen molar-refractivity contribution in [2.45, 2.75) is 6.61 Å². The summed E-state index contributed by atoms with van der Waals surface area (Å²) in [5, 5.41) is 2.22. The highest BCUT2D eigenvalue weighted by Gasteiger charge is 2.25. The molecule has 2 aromatic carbocycles. The van der Waals surface area contributed by atoms with E-state index in [1.165, 1.54) is 24.3 Å². The summed E-state index contributed by atoms with van der Waals surface area (Å²) in [7, 11) is 0. The summed E-state index contributed by atoms with van der Waals surface area (Å²) in [4.78, 5) is 22.7. The van der Waals surface area contributed by atoms with Gasteiger partial charge in [0.15, 0.2) is 23.3 Å². The molecule has 0 heterocycles. The number of primary amides is 1. The van der Waals surface area contributed by atoms with E-state index in [1.807, 2.05) is 0 Å². The lowest BCUT2D eigenvalue weighted by Gasteiger charge is -2.10. The molecule has 25 heavy (non-hydrogen) atoms. The molecular weight excluding hydrogens is 412 g/mol. The van der Waals surface area contributed by atoms with Crippen LogP contribution in [0.2, 0.25) is 0 Å². The molecule has 0 atom stereocenters. The Kier molecular flexibility index (Phi) is 5.62. The van der Waals surface area contributed by atoms with Gasteiger partial charge in [-0.25, -0.2) is 27.2 Å². The summed E-state index contributed by atoms with van der Waals surface area (Å²) < 4.78 is 57.9. The van der Waals surface area contributed by atoms with Crippen LogP contribution in [0.15, 0.2) is 28.7 Å². The van der Waals surface area contributed by atoms with Crippen molar-refractivity contribution in [1.29, 1.82) is 0 Å². The van der Waals surface area contributed by atoms with E-state index in [4.69, 9.17) is 5.73 Å². The van der Waals surface area contributed by atoms with E-state index >= 15 is 0 Å². The van der Waals surface area contributed by atoms with Crippen LogP contribution in [0.1, 0.15) is 15.9 Å². The van der Waals surface area contributed by atoms with Crippen molar-refractivity contribution in [3.63, 3.8) is 0 Å². The zero-order chi connectivity index (χ0) is 18.7. The number of halogens is 5. The van der Waals surface area contributed by atoms with Crippen molar-refractivity contribution in [3.8, 4) is 0 Å². The molecule has 0 aliphatic rings. The molecule has 0 spiro atoms. The third-order valence-corrected chi connectivity index (χ3v) is 3.71. The molecule has 0 saturated carbocycles. The Labute approximate surface area is 146 Å². The molecule has 2 amide bonds. The van der Waals surface area contributed by atoms with Crippen LogP contribution in [0.4, 0.5) is 28.0 Å². The summed E-state index contributed by atoms with van der Waals surface area (Å²) in [6.45, 7) is -1.04. The van der Waals surface area contributed by atoms with Gasteiger partial charge in [-0.15, -0.1) is 0 Å². The number of esters is 1. The van der Waals surface area contributed by atoms with Crippen molar-refractivity contribution in [2.24, 2.45) is 5.73 Å². The second-order valence-corrected chi connectivity index (χ2v) is 5.49. The first kappa shape index (κ1) is 18.7. The number of nitrogens with one attached hydrogen (secondary N) is 1. The van der Waals surface area contributed by atoms with Gasteiger partial charge in [-0.3, -0.25) is 0 Å².